The zero-order valence-corrected chi connectivity index (χ0v) is 15.3. The standard InChI is InChI=1S/C18H23ClN6/c1-14-12-17(22-18(21-14)25-6-2-3-7-25)24-10-8-23(9-11-24)16-5-4-15(19)13-20-16/h4-5,12-13H,2-3,6-11H2,1H3. The quantitative estimate of drug-likeness (QED) is 0.840. The van der Waals surface area contributed by atoms with Gasteiger partial charge in [-0.2, -0.15) is 4.98 Å². The highest BCUT2D eigenvalue weighted by Gasteiger charge is 2.22. The molecule has 0 radical (unpaired) electrons. The van der Waals surface area contributed by atoms with Gasteiger partial charge in [0.25, 0.3) is 0 Å². The molecule has 0 amide bonds. The molecule has 2 saturated heterocycles. The van der Waals surface area contributed by atoms with Crippen LogP contribution in [0, 0.1) is 6.92 Å². The zero-order valence-electron chi connectivity index (χ0n) is 14.5. The molecule has 2 aromatic rings. The topological polar surface area (TPSA) is 48.4 Å². The van der Waals surface area contributed by atoms with E-state index in [1.54, 1.807) is 6.20 Å². The van der Waals surface area contributed by atoms with Crippen molar-refractivity contribution in [1.82, 2.24) is 15.0 Å². The van der Waals surface area contributed by atoms with Crippen LogP contribution < -0.4 is 14.7 Å². The van der Waals surface area contributed by atoms with E-state index in [0.29, 0.717) is 5.02 Å². The van der Waals surface area contributed by atoms with Crippen LogP contribution in [0.1, 0.15) is 18.5 Å². The summed E-state index contributed by atoms with van der Waals surface area (Å²) in [7, 11) is 0. The van der Waals surface area contributed by atoms with Crippen molar-refractivity contribution in [3.63, 3.8) is 0 Å². The van der Waals surface area contributed by atoms with E-state index in [9.17, 15) is 0 Å². The summed E-state index contributed by atoms with van der Waals surface area (Å²) in [4.78, 5) is 20.8. The van der Waals surface area contributed by atoms with E-state index in [1.165, 1.54) is 12.8 Å². The maximum Gasteiger partial charge on any atom is 0.227 e. The van der Waals surface area contributed by atoms with Gasteiger partial charge in [-0.15, -0.1) is 0 Å². The predicted molar refractivity (Wildman–Crippen MR) is 102 cm³/mol. The Morgan fingerprint density at radius 1 is 0.840 bits per heavy atom. The lowest BCUT2D eigenvalue weighted by Gasteiger charge is -2.36. The van der Waals surface area contributed by atoms with Gasteiger partial charge < -0.3 is 14.7 Å². The summed E-state index contributed by atoms with van der Waals surface area (Å²) in [5.41, 5.74) is 1.04. The minimum atomic E-state index is 0.674. The third kappa shape index (κ3) is 3.63. The number of aryl methyl sites for hydroxylation is 1. The molecule has 0 aromatic carbocycles. The number of nitrogens with zero attached hydrogens (tertiary/aromatic N) is 6. The van der Waals surface area contributed by atoms with E-state index in [0.717, 1.165) is 62.5 Å². The third-order valence-electron chi connectivity index (χ3n) is 4.86. The fourth-order valence-electron chi connectivity index (χ4n) is 3.48. The molecular weight excluding hydrogens is 336 g/mol. The third-order valence-corrected chi connectivity index (χ3v) is 5.08. The highest BCUT2D eigenvalue weighted by atomic mass is 35.5. The number of anilines is 3. The van der Waals surface area contributed by atoms with Crippen molar-refractivity contribution < 1.29 is 0 Å². The highest BCUT2D eigenvalue weighted by Crippen LogP contribution is 2.23. The van der Waals surface area contributed by atoms with Gasteiger partial charge in [0.2, 0.25) is 5.95 Å². The molecule has 6 nitrogen and oxygen atoms in total. The van der Waals surface area contributed by atoms with Gasteiger partial charge in [0.05, 0.1) is 5.02 Å². The van der Waals surface area contributed by atoms with E-state index in [4.69, 9.17) is 16.6 Å². The maximum absolute atomic E-state index is 5.93. The van der Waals surface area contributed by atoms with Crippen molar-refractivity contribution >= 4 is 29.2 Å². The first-order valence-electron chi connectivity index (χ1n) is 8.91. The molecule has 4 rings (SSSR count). The summed E-state index contributed by atoms with van der Waals surface area (Å²) < 4.78 is 0. The smallest absolute Gasteiger partial charge is 0.227 e. The van der Waals surface area contributed by atoms with Crippen molar-refractivity contribution in [2.45, 2.75) is 19.8 Å². The van der Waals surface area contributed by atoms with Crippen LogP contribution in [-0.2, 0) is 0 Å². The van der Waals surface area contributed by atoms with Crippen LogP contribution in [0.4, 0.5) is 17.6 Å². The summed E-state index contributed by atoms with van der Waals surface area (Å²) in [6, 6.07) is 5.97. The molecule has 7 heteroatoms. The summed E-state index contributed by atoms with van der Waals surface area (Å²) in [6.07, 6.45) is 4.18. The first kappa shape index (κ1) is 16.4. The highest BCUT2D eigenvalue weighted by molar-refractivity contribution is 6.30. The number of rotatable bonds is 3. The number of pyridine rings is 1. The van der Waals surface area contributed by atoms with Gasteiger partial charge in [-0.3, -0.25) is 0 Å². The van der Waals surface area contributed by atoms with Gasteiger partial charge in [-0.25, -0.2) is 9.97 Å². The number of hydrogen-bond donors (Lipinski definition) is 0. The Kier molecular flexibility index (Phi) is 4.61. The molecule has 25 heavy (non-hydrogen) atoms. The molecule has 0 saturated carbocycles. The lowest BCUT2D eigenvalue weighted by Crippen LogP contribution is -2.47. The van der Waals surface area contributed by atoms with Gasteiger partial charge in [0.1, 0.15) is 11.6 Å². The van der Waals surface area contributed by atoms with Gasteiger partial charge in [-0.1, -0.05) is 11.6 Å². The van der Waals surface area contributed by atoms with Crippen LogP contribution >= 0.6 is 11.6 Å². The van der Waals surface area contributed by atoms with E-state index >= 15 is 0 Å². The van der Waals surface area contributed by atoms with Gasteiger partial charge in [0.15, 0.2) is 0 Å². The lowest BCUT2D eigenvalue weighted by molar-refractivity contribution is 0.640. The minimum Gasteiger partial charge on any atom is -0.353 e. The molecule has 2 aromatic heterocycles. The Hall–Kier alpha value is -2.08. The van der Waals surface area contributed by atoms with Crippen LogP contribution in [0.15, 0.2) is 24.4 Å². The van der Waals surface area contributed by atoms with Gasteiger partial charge in [0, 0.05) is 57.2 Å². The minimum absolute atomic E-state index is 0.674. The first-order valence-corrected chi connectivity index (χ1v) is 9.29. The van der Waals surface area contributed by atoms with Crippen molar-refractivity contribution in [3.05, 3.63) is 35.1 Å². The average molecular weight is 359 g/mol. The molecule has 132 valence electrons. The van der Waals surface area contributed by atoms with E-state index in [-0.39, 0.29) is 0 Å². The van der Waals surface area contributed by atoms with Crippen LogP contribution in [0.2, 0.25) is 5.02 Å². The second kappa shape index (κ2) is 7.04. The second-order valence-corrected chi connectivity index (χ2v) is 7.11. The van der Waals surface area contributed by atoms with Crippen molar-refractivity contribution in [1.29, 1.82) is 0 Å². The fraction of sp³-hybridized carbons (Fsp3) is 0.500. The molecule has 2 fully saturated rings. The molecule has 0 bridgehead atoms. The van der Waals surface area contributed by atoms with Crippen molar-refractivity contribution in [2.24, 2.45) is 0 Å². The Morgan fingerprint density at radius 3 is 2.16 bits per heavy atom. The van der Waals surface area contributed by atoms with Gasteiger partial charge in [-0.05, 0) is 31.9 Å². The average Bonchev–Trinajstić information content (AvgIpc) is 3.17. The van der Waals surface area contributed by atoms with Crippen molar-refractivity contribution in [3.8, 4) is 0 Å². The summed E-state index contributed by atoms with van der Waals surface area (Å²) >= 11 is 5.93. The number of piperazine rings is 1. The van der Waals surface area contributed by atoms with Crippen LogP contribution in [0.3, 0.4) is 0 Å². The summed E-state index contributed by atoms with van der Waals surface area (Å²) in [6.45, 7) is 7.91. The molecule has 0 atom stereocenters. The lowest BCUT2D eigenvalue weighted by atomic mass is 10.3. The zero-order chi connectivity index (χ0) is 17.2. The number of hydrogen-bond acceptors (Lipinski definition) is 6. The number of halogens is 1. The Bertz CT molecular complexity index is 721. The Morgan fingerprint density at radius 2 is 1.52 bits per heavy atom. The molecule has 2 aliphatic heterocycles. The van der Waals surface area contributed by atoms with E-state index in [2.05, 4.69) is 37.7 Å². The second-order valence-electron chi connectivity index (χ2n) is 6.67. The molecule has 4 heterocycles. The first-order chi connectivity index (χ1) is 12.2. The summed E-state index contributed by atoms with van der Waals surface area (Å²) in [5, 5.41) is 0.674. The van der Waals surface area contributed by atoms with Gasteiger partial charge >= 0.3 is 0 Å². The largest absolute Gasteiger partial charge is 0.353 e. The molecular formula is C18H23ClN6. The van der Waals surface area contributed by atoms with E-state index < -0.39 is 0 Å². The summed E-state index contributed by atoms with van der Waals surface area (Å²) in [5.74, 6) is 2.91. The van der Waals surface area contributed by atoms with Crippen LogP contribution in [-0.4, -0.2) is 54.2 Å². The monoisotopic (exact) mass is 358 g/mol. The molecule has 0 N–H and O–H groups in total. The number of aromatic nitrogens is 3. The fourth-order valence-corrected chi connectivity index (χ4v) is 3.59. The molecule has 0 unspecified atom stereocenters. The van der Waals surface area contributed by atoms with Crippen molar-refractivity contribution in [2.75, 3.05) is 54.0 Å². The Labute approximate surface area is 153 Å². The normalized spacial score (nSPS) is 18.1. The van der Waals surface area contributed by atoms with Crippen LogP contribution in [0.25, 0.3) is 0 Å². The Balaban J connectivity index is 1.46. The SMILES string of the molecule is Cc1cc(N2CCN(c3ccc(Cl)cn3)CC2)nc(N2CCCC2)n1. The molecule has 0 spiro atoms. The van der Waals surface area contributed by atoms with Crippen LogP contribution in [0.5, 0.6) is 0 Å². The molecule has 0 aliphatic carbocycles. The molecule has 2 aliphatic rings. The predicted octanol–water partition coefficient (Wildman–Crippen LogP) is 2.76. The maximum atomic E-state index is 5.93. The van der Waals surface area contributed by atoms with E-state index in [1.807, 2.05) is 12.1 Å².